The lowest BCUT2D eigenvalue weighted by atomic mass is 10.4. The lowest BCUT2D eigenvalue weighted by molar-refractivity contribution is -0.219. The number of hydrogen-bond acceptors (Lipinski definition) is 5. The molecule has 0 saturated carbocycles. The number of aryl methyl sites for hydroxylation is 1. The summed E-state index contributed by atoms with van der Waals surface area (Å²) < 4.78 is 4.83. The Bertz CT molecular complexity index is 243. The summed E-state index contributed by atoms with van der Waals surface area (Å²) in [6, 6.07) is 0. The van der Waals surface area contributed by atoms with Crippen molar-refractivity contribution in [3.05, 3.63) is 11.8 Å². The molecule has 0 atom stereocenters. The molecular formula is C5H6N3O2-. The highest BCUT2D eigenvalue weighted by molar-refractivity contribution is 5.69. The molecule has 0 aliphatic rings. The molecule has 0 saturated heterocycles. The van der Waals surface area contributed by atoms with Crippen molar-refractivity contribution < 1.29 is 9.52 Å². The van der Waals surface area contributed by atoms with Crippen LogP contribution in [0.3, 0.4) is 0 Å². The number of nitrogens with zero attached hydrogens (tertiary/aromatic N) is 2. The molecule has 0 aromatic carbocycles. The van der Waals surface area contributed by atoms with Crippen LogP contribution in [0.25, 0.3) is 0 Å². The molecule has 1 heterocycles. The van der Waals surface area contributed by atoms with Crippen molar-refractivity contribution in [3.63, 3.8) is 0 Å². The zero-order valence-electron chi connectivity index (χ0n) is 5.42. The maximum Gasteiger partial charge on any atom is 0.221 e. The topological polar surface area (TPSA) is 85.8 Å². The van der Waals surface area contributed by atoms with E-state index in [0.29, 0.717) is 5.89 Å². The lowest BCUT2D eigenvalue weighted by Gasteiger charge is -2.00. The van der Waals surface area contributed by atoms with Gasteiger partial charge in [-0.05, 0) is 5.90 Å². The normalized spacial score (nSPS) is 9.70. The molecule has 54 valence electrons. The van der Waals surface area contributed by atoms with E-state index in [2.05, 4.69) is 10.2 Å². The number of nitrogens with one attached hydrogen (secondary N) is 1. The van der Waals surface area contributed by atoms with E-state index in [4.69, 9.17) is 9.83 Å². The minimum Gasteiger partial charge on any atom is -0.862 e. The maximum atomic E-state index is 10.2. The van der Waals surface area contributed by atoms with Crippen LogP contribution in [0.2, 0.25) is 0 Å². The standard InChI is InChI=1S/C5H7N3O2/c1-3-7-8-5(10-3)2-4(6)9/h2H2,1H3,(H2,6,9)/p-1. The van der Waals surface area contributed by atoms with Crippen LogP contribution in [0.4, 0.5) is 0 Å². The first-order chi connectivity index (χ1) is 4.68. The third-order valence-corrected chi connectivity index (χ3v) is 0.880. The summed E-state index contributed by atoms with van der Waals surface area (Å²) >= 11 is 0. The molecular weight excluding hydrogens is 134 g/mol. The van der Waals surface area contributed by atoms with Gasteiger partial charge in [0.25, 0.3) is 0 Å². The van der Waals surface area contributed by atoms with Crippen LogP contribution in [0.15, 0.2) is 4.42 Å². The van der Waals surface area contributed by atoms with Gasteiger partial charge in [-0.1, -0.05) is 0 Å². The van der Waals surface area contributed by atoms with Crippen LogP contribution in [0.5, 0.6) is 0 Å². The number of aromatic nitrogens is 2. The van der Waals surface area contributed by atoms with Crippen LogP contribution in [0.1, 0.15) is 11.8 Å². The second-order valence-electron chi connectivity index (χ2n) is 1.81. The summed E-state index contributed by atoms with van der Waals surface area (Å²) in [4.78, 5) is 0. The molecule has 1 N–H and O–H groups in total. The molecule has 1 aromatic heterocycles. The predicted octanol–water partition coefficient (Wildman–Crippen LogP) is -0.742. The van der Waals surface area contributed by atoms with Crippen molar-refractivity contribution in [2.24, 2.45) is 0 Å². The Morgan fingerprint density at radius 1 is 1.70 bits per heavy atom. The predicted molar refractivity (Wildman–Crippen MR) is 30.5 cm³/mol. The highest BCUT2D eigenvalue weighted by Crippen LogP contribution is 1.96. The first-order valence-electron chi connectivity index (χ1n) is 2.72. The molecule has 0 aliphatic heterocycles. The average molecular weight is 140 g/mol. The van der Waals surface area contributed by atoms with Gasteiger partial charge >= 0.3 is 0 Å². The third kappa shape index (κ3) is 1.54. The van der Waals surface area contributed by atoms with E-state index in [9.17, 15) is 5.11 Å². The second kappa shape index (κ2) is 2.47. The molecule has 1 rings (SSSR count). The van der Waals surface area contributed by atoms with Crippen LogP contribution < -0.4 is 5.11 Å². The van der Waals surface area contributed by atoms with Gasteiger partial charge in [0.2, 0.25) is 11.8 Å². The molecule has 5 heteroatoms. The largest absolute Gasteiger partial charge is 0.862 e. The van der Waals surface area contributed by atoms with Gasteiger partial charge in [-0.3, -0.25) is 0 Å². The number of hydrogen-bond donors (Lipinski definition) is 1. The van der Waals surface area contributed by atoms with Gasteiger partial charge in [-0.15, -0.1) is 10.2 Å². The Balaban J connectivity index is 2.67. The van der Waals surface area contributed by atoms with Crippen LogP contribution in [-0.2, 0) is 6.42 Å². The summed E-state index contributed by atoms with van der Waals surface area (Å²) in [5.41, 5.74) is 0. The highest BCUT2D eigenvalue weighted by atomic mass is 16.4. The van der Waals surface area contributed by atoms with Crippen molar-refractivity contribution >= 4 is 5.90 Å². The monoisotopic (exact) mass is 140 g/mol. The molecule has 0 fully saturated rings. The second-order valence-corrected chi connectivity index (χ2v) is 1.81. The molecule has 0 amide bonds. The Morgan fingerprint density at radius 3 is 2.80 bits per heavy atom. The van der Waals surface area contributed by atoms with E-state index in [0.717, 1.165) is 0 Å². The van der Waals surface area contributed by atoms with E-state index in [-0.39, 0.29) is 12.3 Å². The Hall–Kier alpha value is -1.39. The Kier molecular flexibility index (Phi) is 1.66. The van der Waals surface area contributed by atoms with Crippen LogP contribution in [-0.4, -0.2) is 16.1 Å². The summed E-state index contributed by atoms with van der Waals surface area (Å²) in [6.07, 6.45) is -0.0964. The van der Waals surface area contributed by atoms with Gasteiger partial charge in [0, 0.05) is 6.92 Å². The van der Waals surface area contributed by atoms with Gasteiger partial charge in [0.1, 0.15) is 0 Å². The molecule has 0 spiro atoms. The van der Waals surface area contributed by atoms with Crippen molar-refractivity contribution in [3.8, 4) is 0 Å². The Labute approximate surface area is 57.2 Å². The van der Waals surface area contributed by atoms with Crippen LogP contribution >= 0.6 is 0 Å². The minimum absolute atomic E-state index is 0.0964. The molecule has 5 nitrogen and oxygen atoms in total. The van der Waals surface area contributed by atoms with Gasteiger partial charge < -0.3 is 14.9 Å². The van der Waals surface area contributed by atoms with E-state index in [1.54, 1.807) is 6.92 Å². The van der Waals surface area contributed by atoms with Crippen molar-refractivity contribution in [2.45, 2.75) is 13.3 Å². The highest BCUT2D eigenvalue weighted by Gasteiger charge is 1.99. The fourth-order valence-corrected chi connectivity index (χ4v) is 0.546. The van der Waals surface area contributed by atoms with E-state index in [1.165, 1.54) is 0 Å². The Morgan fingerprint density at radius 2 is 2.40 bits per heavy atom. The van der Waals surface area contributed by atoms with E-state index >= 15 is 0 Å². The van der Waals surface area contributed by atoms with Crippen molar-refractivity contribution in [1.82, 2.24) is 10.2 Å². The maximum absolute atomic E-state index is 10.2. The zero-order chi connectivity index (χ0) is 7.56. The summed E-state index contributed by atoms with van der Waals surface area (Å²) in [7, 11) is 0. The van der Waals surface area contributed by atoms with Crippen molar-refractivity contribution in [2.75, 3.05) is 0 Å². The van der Waals surface area contributed by atoms with Gasteiger partial charge in [-0.25, -0.2) is 0 Å². The van der Waals surface area contributed by atoms with Gasteiger partial charge in [0.05, 0.1) is 6.42 Å². The SMILES string of the molecule is Cc1nnc(CC(=N)[O-])o1. The first kappa shape index (κ1) is 6.73. The first-order valence-corrected chi connectivity index (χ1v) is 2.72. The summed E-state index contributed by atoms with van der Waals surface area (Å²) in [6.45, 7) is 1.63. The molecule has 0 unspecified atom stereocenters. The molecule has 1 aromatic rings. The molecule has 0 radical (unpaired) electrons. The molecule has 0 bridgehead atoms. The van der Waals surface area contributed by atoms with Crippen molar-refractivity contribution in [1.29, 1.82) is 5.41 Å². The lowest BCUT2D eigenvalue weighted by Crippen LogP contribution is -2.18. The van der Waals surface area contributed by atoms with Crippen LogP contribution in [0, 0.1) is 12.3 Å². The summed E-state index contributed by atoms with van der Waals surface area (Å²) in [5.74, 6) is -0.0996. The minimum atomic E-state index is -0.719. The smallest absolute Gasteiger partial charge is 0.221 e. The number of rotatable bonds is 2. The van der Waals surface area contributed by atoms with Gasteiger partial charge in [-0.2, -0.15) is 0 Å². The zero-order valence-corrected chi connectivity index (χ0v) is 5.42. The molecule has 0 aliphatic carbocycles. The fraction of sp³-hybridized carbons (Fsp3) is 0.400. The fourth-order valence-electron chi connectivity index (χ4n) is 0.546. The molecule has 10 heavy (non-hydrogen) atoms. The average Bonchev–Trinajstić information content (AvgIpc) is 2.13. The summed E-state index contributed by atoms with van der Waals surface area (Å²) in [5, 5.41) is 23.7. The van der Waals surface area contributed by atoms with Gasteiger partial charge in [0.15, 0.2) is 0 Å². The third-order valence-electron chi connectivity index (χ3n) is 0.880. The van der Waals surface area contributed by atoms with E-state index in [1.807, 2.05) is 0 Å². The van der Waals surface area contributed by atoms with E-state index < -0.39 is 5.90 Å². The quantitative estimate of drug-likeness (QED) is 0.433.